The molecule has 3 heterocycles. The molecule has 1 aliphatic heterocycles. The molecule has 2 N–H and O–H groups in total. The zero-order valence-electron chi connectivity index (χ0n) is 20.8. The Hall–Kier alpha value is -2.27. The van der Waals surface area contributed by atoms with E-state index in [1.54, 1.807) is 0 Å². The van der Waals surface area contributed by atoms with Crippen LogP contribution in [0.4, 0.5) is 27.8 Å². The van der Waals surface area contributed by atoms with Crippen LogP contribution in [0.25, 0.3) is 11.3 Å². The summed E-state index contributed by atoms with van der Waals surface area (Å²) in [6, 6.07) is 3.44. The molecule has 198 valence electrons. The van der Waals surface area contributed by atoms with E-state index in [0.29, 0.717) is 42.2 Å². The maximum atomic E-state index is 13.4. The lowest BCUT2D eigenvalue weighted by atomic mass is 9.95. The average molecular weight is 513 g/mol. The molecule has 4 atom stereocenters. The molecule has 0 aromatic carbocycles. The summed E-state index contributed by atoms with van der Waals surface area (Å²) in [5.41, 5.74) is 6.45. The van der Waals surface area contributed by atoms with E-state index in [9.17, 15) is 22.0 Å². The van der Waals surface area contributed by atoms with Crippen molar-refractivity contribution >= 4 is 5.82 Å². The van der Waals surface area contributed by atoms with Crippen molar-refractivity contribution in [2.24, 2.45) is 11.3 Å². The predicted octanol–water partition coefficient (Wildman–Crippen LogP) is 4.89. The SMILES string of the molecule is CC(C)n1nc(-c2cnc(N)c(C(F)(F)F)c2)cc1[C@H]1[C@@H]2CC(N3CCN(CC(F)F)CC3)CC21C. The minimum Gasteiger partial charge on any atom is -0.383 e. The topological polar surface area (TPSA) is 63.2 Å². The van der Waals surface area contributed by atoms with Crippen LogP contribution in [-0.2, 0) is 6.18 Å². The highest BCUT2D eigenvalue weighted by Gasteiger charge is 2.67. The second kappa shape index (κ2) is 8.93. The first kappa shape index (κ1) is 25.4. The summed E-state index contributed by atoms with van der Waals surface area (Å²) in [6.07, 6.45) is -3.47. The summed E-state index contributed by atoms with van der Waals surface area (Å²) < 4.78 is 67.5. The third-order valence-electron chi connectivity index (χ3n) is 8.46. The molecular formula is C25H33F5N6. The maximum absolute atomic E-state index is 13.4. The lowest BCUT2D eigenvalue weighted by molar-refractivity contribution is -0.137. The molecule has 0 radical (unpaired) electrons. The van der Waals surface area contributed by atoms with Gasteiger partial charge < -0.3 is 5.73 Å². The molecule has 36 heavy (non-hydrogen) atoms. The van der Waals surface area contributed by atoms with Crippen LogP contribution in [0.1, 0.15) is 56.8 Å². The molecule has 2 aromatic heterocycles. The van der Waals surface area contributed by atoms with Crippen molar-refractivity contribution in [2.45, 2.75) is 64.2 Å². The number of nitrogens with zero attached hydrogens (tertiary/aromatic N) is 5. The highest BCUT2D eigenvalue weighted by molar-refractivity contribution is 5.63. The average Bonchev–Trinajstić information content (AvgIpc) is 3.10. The highest BCUT2D eigenvalue weighted by Crippen LogP contribution is 2.73. The Labute approximate surface area is 207 Å². The first-order valence-electron chi connectivity index (χ1n) is 12.6. The standard InChI is InChI=1S/C25H33F5N6/c1-14(2)36-20(10-19(33-36)15-8-18(25(28,29)30)23(31)32-12-15)22-17-9-16(11-24(17,22)3)35-6-4-34(5-7-35)13-21(26)27/h8,10,12,14,16-17,21-22H,4-7,9,11,13H2,1-3H3,(H2,31,32)/t16?,17-,22+,24?/m0/s1. The lowest BCUT2D eigenvalue weighted by Crippen LogP contribution is -2.51. The normalized spacial score (nSPS) is 29.3. The number of aromatic nitrogens is 3. The monoisotopic (exact) mass is 512 g/mol. The number of pyridine rings is 1. The molecule has 2 aromatic rings. The quantitative estimate of drug-likeness (QED) is 0.559. The summed E-state index contributed by atoms with van der Waals surface area (Å²) in [6.45, 7) is 9.13. The van der Waals surface area contributed by atoms with Crippen LogP contribution < -0.4 is 5.73 Å². The molecule has 2 saturated carbocycles. The van der Waals surface area contributed by atoms with Gasteiger partial charge in [0.2, 0.25) is 0 Å². The van der Waals surface area contributed by atoms with Gasteiger partial charge in [-0.2, -0.15) is 18.3 Å². The number of halogens is 5. The predicted molar refractivity (Wildman–Crippen MR) is 127 cm³/mol. The van der Waals surface area contributed by atoms with E-state index in [-0.39, 0.29) is 18.0 Å². The van der Waals surface area contributed by atoms with Crippen LogP contribution in [0.2, 0.25) is 0 Å². The van der Waals surface area contributed by atoms with Gasteiger partial charge in [0, 0.05) is 61.6 Å². The molecule has 5 rings (SSSR count). The summed E-state index contributed by atoms with van der Waals surface area (Å²) in [7, 11) is 0. The van der Waals surface area contributed by atoms with Gasteiger partial charge in [0.25, 0.3) is 6.43 Å². The van der Waals surface area contributed by atoms with Crippen molar-refractivity contribution in [1.82, 2.24) is 24.6 Å². The fourth-order valence-electron chi connectivity index (χ4n) is 6.60. The van der Waals surface area contributed by atoms with E-state index >= 15 is 0 Å². The Bertz CT molecular complexity index is 1110. The summed E-state index contributed by atoms with van der Waals surface area (Å²) >= 11 is 0. The van der Waals surface area contributed by atoms with Gasteiger partial charge in [-0.05, 0) is 50.2 Å². The molecule has 0 bridgehead atoms. The number of rotatable bonds is 6. The first-order valence-corrected chi connectivity index (χ1v) is 12.6. The van der Waals surface area contributed by atoms with Gasteiger partial charge in [-0.25, -0.2) is 13.8 Å². The third-order valence-corrected chi connectivity index (χ3v) is 8.46. The van der Waals surface area contributed by atoms with Crippen molar-refractivity contribution in [2.75, 3.05) is 38.5 Å². The van der Waals surface area contributed by atoms with E-state index in [2.05, 4.69) is 21.9 Å². The fourth-order valence-corrected chi connectivity index (χ4v) is 6.60. The molecule has 2 aliphatic carbocycles. The number of alkyl halides is 5. The van der Waals surface area contributed by atoms with Crippen LogP contribution in [0.15, 0.2) is 18.3 Å². The number of hydrogen-bond donors (Lipinski definition) is 1. The van der Waals surface area contributed by atoms with E-state index in [1.165, 1.54) is 6.20 Å². The van der Waals surface area contributed by atoms with Crippen LogP contribution in [0.3, 0.4) is 0 Å². The van der Waals surface area contributed by atoms with Gasteiger partial charge in [-0.1, -0.05) is 6.92 Å². The lowest BCUT2D eigenvalue weighted by Gasteiger charge is -2.39. The molecule has 0 spiro atoms. The second-order valence-electron chi connectivity index (χ2n) is 11.1. The van der Waals surface area contributed by atoms with E-state index < -0.39 is 24.0 Å². The minimum absolute atomic E-state index is 0.0567. The van der Waals surface area contributed by atoms with Crippen LogP contribution in [0, 0.1) is 11.3 Å². The number of anilines is 1. The van der Waals surface area contributed by atoms with E-state index in [4.69, 9.17) is 5.73 Å². The Balaban J connectivity index is 1.32. The van der Waals surface area contributed by atoms with Crippen molar-refractivity contribution in [1.29, 1.82) is 0 Å². The third kappa shape index (κ3) is 4.49. The summed E-state index contributed by atoms with van der Waals surface area (Å²) in [4.78, 5) is 8.06. The van der Waals surface area contributed by atoms with Gasteiger partial charge in [0.05, 0.1) is 17.8 Å². The second-order valence-corrected chi connectivity index (χ2v) is 11.1. The largest absolute Gasteiger partial charge is 0.419 e. The smallest absolute Gasteiger partial charge is 0.383 e. The number of nitrogen functional groups attached to an aromatic ring is 1. The summed E-state index contributed by atoms with van der Waals surface area (Å²) in [5.74, 6) is 0.223. The van der Waals surface area contributed by atoms with Gasteiger partial charge in [-0.3, -0.25) is 14.5 Å². The van der Waals surface area contributed by atoms with Crippen LogP contribution in [-0.4, -0.2) is 69.8 Å². The molecule has 11 heteroatoms. The maximum Gasteiger partial charge on any atom is 0.419 e. The number of hydrogen-bond acceptors (Lipinski definition) is 5. The number of nitrogens with two attached hydrogens (primary N) is 1. The van der Waals surface area contributed by atoms with Gasteiger partial charge in [-0.15, -0.1) is 0 Å². The zero-order valence-corrected chi connectivity index (χ0v) is 20.8. The fraction of sp³-hybridized carbons (Fsp3) is 0.680. The molecule has 1 saturated heterocycles. The van der Waals surface area contributed by atoms with Crippen LogP contribution >= 0.6 is 0 Å². The van der Waals surface area contributed by atoms with Crippen molar-refractivity contribution in [3.05, 3.63) is 29.6 Å². The van der Waals surface area contributed by atoms with Crippen LogP contribution in [0.5, 0.6) is 0 Å². The molecule has 6 nitrogen and oxygen atoms in total. The molecule has 0 amide bonds. The van der Waals surface area contributed by atoms with Gasteiger partial charge >= 0.3 is 6.18 Å². The van der Waals surface area contributed by atoms with Crippen molar-refractivity contribution < 1.29 is 22.0 Å². The Kier molecular flexibility index (Phi) is 6.30. The summed E-state index contributed by atoms with van der Waals surface area (Å²) in [5, 5.41) is 4.68. The minimum atomic E-state index is -4.59. The molecule has 3 aliphatic rings. The van der Waals surface area contributed by atoms with Gasteiger partial charge in [0.15, 0.2) is 0 Å². The Morgan fingerprint density at radius 1 is 1.14 bits per heavy atom. The molecular weight excluding hydrogens is 479 g/mol. The van der Waals surface area contributed by atoms with E-state index in [1.807, 2.05) is 29.5 Å². The molecule has 3 fully saturated rings. The number of piperazine rings is 1. The first-order chi connectivity index (χ1) is 16.9. The number of fused-ring (bicyclic) bond motifs is 1. The highest BCUT2D eigenvalue weighted by atomic mass is 19.4. The molecule has 2 unspecified atom stereocenters. The van der Waals surface area contributed by atoms with E-state index in [0.717, 1.165) is 37.7 Å². The Morgan fingerprint density at radius 2 is 1.83 bits per heavy atom. The van der Waals surface area contributed by atoms with Crippen molar-refractivity contribution in [3.63, 3.8) is 0 Å². The van der Waals surface area contributed by atoms with Crippen molar-refractivity contribution in [3.8, 4) is 11.3 Å². The zero-order chi connectivity index (χ0) is 26.0. The Morgan fingerprint density at radius 3 is 2.39 bits per heavy atom. The van der Waals surface area contributed by atoms with Gasteiger partial charge in [0.1, 0.15) is 5.82 Å².